The van der Waals surface area contributed by atoms with Crippen LogP contribution >= 0.6 is 0 Å². The van der Waals surface area contributed by atoms with Gasteiger partial charge in [-0.3, -0.25) is 14.6 Å². The number of aryl methyl sites for hydroxylation is 1. The predicted octanol–water partition coefficient (Wildman–Crippen LogP) is 0.490. The van der Waals surface area contributed by atoms with Crippen molar-refractivity contribution in [3.05, 3.63) is 36.5 Å². The molecule has 0 amide bonds. The second kappa shape index (κ2) is 6.64. The fourth-order valence-corrected chi connectivity index (χ4v) is 2.38. The molecule has 3 rings (SSSR count). The van der Waals surface area contributed by atoms with Gasteiger partial charge in [0.15, 0.2) is 0 Å². The minimum absolute atomic E-state index is 0.0409. The van der Waals surface area contributed by atoms with Gasteiger partial charge in [0.2, 0.25) is 5.88 Å². The van der Waals surface area contributed by atoms with Gasteiger partial charge in [-0.05, 0) is 0 Å². The number of aromatic nitrogens is 4. The number of ether oxygens (including phenoxy) is 2. The number of hydrogen-bond donors (Lipinski definition) is 0. The van der Waals surface area contributed by atoms with Gasteiger partial charge in [-0.15, -0.1) is 0 Å². The van der Waals surface area contributed by atoms with E-state index < -0.39 is 0 Å². The lowest BCUT2D eigenvalue weighted by Crippen LogP contribution is -2.35. The van der Waals surface area contributed by atoms with Crippen LogP contribution in [-0.4, -0.2) is 57.1 Å². The van der Waals surface area contributed by atoms with Gasteiger partial charge in [-0.1, -0.05) is 0 Å². The van der Waals surface area contributed by atoms with Crippen molar-refractivity contribution in [2.24, 2.45) is 7.05 Å². The molecule has 1 fully saturated rings. The lowest BCUT2D eigenvalue weighted by Gasteiger charge is -2.22. The summed E-state index contributed by atoms with van der Waals surface area (Å²) in [5.41, 5.74) is 1.19. The largest absolute Gasteiger partial charge is 0.469 e. The van der Waals surface area contributed by atoms with Crippen LogP contribution in [0.2, 0.25) is 0 Å². The van der Waals surface area contributed by atoms with Crippen molar-refractivity contribution in [2.45, 2.75) is 12.6 Å². The topological polar surface area (TPSA) is 65.3 Å². The normalized spacial score (nSPS) is 20.1. The van der Waals surface area contributed by atoms with Crippen molar-refractivity contribution in [3.63, 3.8) is 0 Å². The van der Waals surface area contributed by atoms with Crippen LogP contribution in [0.3, 0.4) is 0 Å². The Morgan fingerprint density at radius 3 is 3.10 bits per heavy atom. The summed E-state index contributed by atoms with van der Waals surface area (Å²) in [7, 11) is 1.93. The third-order valence-corrected chi connectivity index (χ3v) is 3.31. The molecule has 0 bridgehead atoms. The summed E-state index contributed by atoms with van der Waals surface area (Å²) in [6, 6.07) is 0. The molecule has 0 aliphatic carbocycles. The van der Waals surface area contributed by atoms with E-state index in [2.05, 4.69) is 20.0 Å². The molecule has 112 valence electrons. The molecule has 3 heterocycles. The van der Waals surface area contributed by atoms with E-state index in [0.717, 1.165) is 19.6 Å². The minimum atomic E-state index is -0.0409. The number of nitrogens with zero attached hydrogens (tertiary/aromatic N) is 5. The lowest BCUT2D eigenvalue weighted by molar-refractivity contribution is 0.0681. The molecule has 0 saturated carbocycles. The molecule has 1 atom stereocenters. The Kier molecular flexibility index (Phi) is 4.42. The maximum Gasteiger partial charge on any atom is 0.232 e. The van der Waals surface area contributed by atoms with Crippen LogP contribution in [0, 0.1) is 0 Å². The molecule has 7 heteroatoms. The summed E-state index contributed by atoms with van der Waals surface area (Å²) < 4.78 is 13.3. The highest BCUT2D eigenvalue weighted by Crippen LogP contribution is 2.11. The van der Waals surface area contributed by atoms with Crippen LogP contribution in [0.4, 0.5) is 0 Å². The third-order valence-electron chi connectivity index (χ3n) is 3.31. The van der Waals surface area contributed by atoms with Gasteiger partial charge >= 0.3 is 0 Å². The highest BCUT2D eigenvalue weighted by molar-refractivity contribution is 5.04. The van der Waals surface area contributed by atoms with E-state index >= 15 is 0 Å². The third kappa shape index (κ3) is 3.99. The standard InChI is InChI=1S/C14H19N5O2/c1-18-8-12(6-17-18)9-19-4-5-20-11-13(10-19)21-14-7-15-2-3-16-14/h2-3,6-8,13H,4-5,9-11H2,1H3/t13-/m1/s1. The molecule has 1 aliphatic heterocycles. The van der Waals surface area contributed by atoms with Crippen LogP contribution in [-0.2, 0) is 18.3 Å². The molecule has 0 radical (unpaired) electrons. The fourth-order valence-electron chi connectivity index (χ4n) is 2.38. The Hall–Kier alpha value is -1.99. The number of hydrogen-bond acceptors (Lipinski definition) is 6. The van der Waals surface area contributed by atoms with E-state index in [0.29, 0.717) is 19.1 Å². The van der Waals surface area contributed by atoms with Crippen molar-refractivity contribution in [1.82, 2.24) is 24.6 Å². The van der Waals surface area contributed by atoms with Crippen LogP contribution in [0.25, 0.3) is 0 Å². The molecule has 0 aromatic carbocycles. The zero-order valence-corrected chi connectivity index (χ0v) is 12.1. The second-order valence-electron chi connectivity index (χ2n) is 5.12. The second-order valence-corrected chi connectivity index (χ2v) is 5.12. The number of rotatable bonds is 4. The first-order valence-corrected chi connectivity index (χ1v) is 7.00. The first-order chi connectivity index (χ1) is 10.3. The van der Waals surface area contributed by atoms with E-state index in [9.17, 15) is 0 Å². The van der Waals surface area contributed by atoms with Crippen LogP contribution in [0.1, 0.15) is 5.56 Å². The predicted molar refractivity (Wildman–Crippen MR) is 75.8 cm³/mol. The average molecular weight is 289 g/mol. The first kappa shape index (κ1) is 14.0. The van der Waals surface area contributed by atoms with E-state index in [1.165, 1.54) is 5.56 Å². The van der Waals surface area contributed by atoms with Gasteiger partial charge in [0.1, 0.15) is 6.10 Å². The average Bonchev–Trinajstić information content (AvgIpc) is 2.76. The van der Waals surface area contributed by atoms with E-state index in [-0.39, 0.29) is 6.10 Å². The Morgan fingerprint density at radius 2 is 2.33 bits per heavy atom. The van der Waals surface area contributed by atoms with Gasteiger partial charge < -0.3 is 9.47 Å². The molecular formula is C14H19N5O2. The van der Waals surface area contributed by atoms with Crippen molar-refractivity contribution < 1.29 is 9.47 Å². The Balaban J connectivity index is 1.60. The van der Waals surface area contributed by atoms with E-state index in [1.807, 2.05) is 24.1 Å². The summed E-state index contributed by atoms with van der Waals surface area (Å²) in [5.74, 6) is 0.536. The lowest BCUT2D eigenvalue weighted by atomic mass is 10.3. The highest BCUT2D eigenvalue weighted by atomic mass is 16.5. The van der Waals surface area contributed by atoms with Crippen LogP contribution in [0.15, 0.2) is 31.0 Å². The van der Waals surface area contributed by atoms with Gasteiger partial charge in [0, 0.05) is 50.8 Å². The van der Waals surface area contributed by atoms with Crippen LogP contribution in [0.5, 0.6) is 5.88 Å². The van der Waals surface area contributed by atoms with Crippen molar-refractivity contribution in [1.29, 1.82) is 0 Å². The maximum absolute atomic E-state index is 5.85. The minimum Gasteiger partial charge on any atom is -0.469 e. The Morgan fingerprint density at radius 1 is 1.38 bits per heavy atom. The first-order valence-electron chi connectivity index (χ1n) is 7.00. The monoisotopic (exact) mass is 289 g/mol. The molecule has 0 unspecified atom stereocenters. The summed E-state index contributed by atoms with van der Waals surface area (Å²) in [5, 5.41) is 4.20. The zero-order valence-electron chi connectivity index (χ0n) is 12.1. The quantitative estimate of drug-likeness (QED) is 0.816. The maximum atomic E-state index is 5.85. The molecule has 1 aliphatic rings. The van der Waals surface area contributed by atoms with Crippen molar-refractivity contribution in [3.8, 4) is 5.88 Å². The summed E-state index contributed by atoms with van der Waals surface area (Å²) in [4.78, 5) is 10.5. The summed E-state index contributed by atoms with van der Waals surface area (Å²) >= 11 is 0. The molecule has 1 saturated heterocycles. The molecule has 2 aromatic heterocycles. The van der Waals surface area contributed by atoms with Gasteiger partial charge in [0.05, 0.1) is 25.6 Å². The summed E-state index contributed by atoms with van der Waals surface area (Å²) in [6.07, 6.45) is 8.76. The Labute approximate surface area is 123 Å². The fraction of sp³-hybridized carbons (Fsp3) is 0.500. The Bertz CT molecular complexity index is 560. The summed E-state index contributed by atoms with van der Waals surface area (Å²) in [6.45, 7) is 3.80. The highest BCUT2D eigenvalue weighted by Gasteiger charge is 2.21. The van der Waals surface area contributed by atoms with Gasteiger partial charge in [0.25, 0.3) is 0 Å². The van der Waals surface area contributed by atoms with E-state index in [1.54, 1.807) is 18.6 Å². The molecule has 7 nitrogen and oxygen atoms in total. The van der Waals surface area contributed by atoms with Gasteiger partial charge in [-0.25, -0.2) is 4.98 Å². The SMILES string of the molecule is Cn1cc(CN2CCOC[C@H](Oc3cnccn3)C2)cn1. The molecule has 21 heavy (non-hydrogen) atoms. The van der Waals surface area contributed by atoms with Gasteiger partial charge in [-0.2, -0.15) is 5.10 Å². The van der Waals surface area contributed by atoms with Crippen molar-refractivity contribution >= 4 is 0 Å². The zero-order chi connectivity index (χ0) is 14.5. The molecule has 2 aromatic rings. The van der Waals surface area contributed by atoms with Crippen LogP contribution < -0.4 is 4.74 Å². The van der Waals surface area contributed by atoms with E-state index in [4.69, 9.17) is 9.47 Å². The molecule has 0 N–H and O–H groups in total. The van der Waals surface area contributed by atoms with Crippen molar-refractivity contribution in [2.75, 3.05) is 26.3 Å². The molecular weight excluding hydrogens is 270 g/mol. The molecule has 0 spiro atoms. The smallest absolute Gasteiger partial charge is 0.232 e.